The van der Waals surface area contributed by atoms with E-state index in [0.717, 1.165) is 9.13 Å². The molecule has 0 aromatic carbocycles. The summed E-state index contributed by atoms with van der Waals surface area (Å²) in [5, 5.41) is 9.77. The molecule has 1 aliphatic heterocycles. The lowest BCUT2D eigenvalue weighted by Crippen LogP contribution is -2.37. The molecule has 0 unspecified atom stereocenters. The number of hydrogen-bond acceptors (Lipinski definition) is 4. The third-order valence-corrected chi connectivity index (χ3v) is 2.54. The Morgan fingerprint density at radius 2 is 2.00 bits per heavy atom. The quantitative estimate of drug-likeness (QED) is 0.728. The van der Waals surface area contributed by atoms with Gasteiger partial charge in [0.1, 0.15) is 5.56 Å². The zero-order chi connectivity index (χ0) is 12.6. The highest BCUT2D eigenvalue weighted by Gasteiger charge is 2.13. The fourth-order valence-corrected chi connectivity index (χ4v) is 1.53. The number of allylic oxidation sites excluding steroid dienone is 2. The van der Waals surface area contributed by atoms with Gasteiger partial charge in [0.05, 0.1) is 5.70 Å². The zero-order valence-corrected chi connectivity index (χ0v) is 9.41. The summed E-state index contributed by atoms with van der Waals surface area (Å²) in [5.74, 6) is -0.360. The van der Waals surface area contributed by atoms with Gasteiger partial charge in [-0.1, -0.05) is 0 Å². The lowest BCUT2D eigenvalue weighted by molar-refractivity contribution is 0.410. The normalized spacial score (nSPS) is 16.0. The molecule has 0 radical (unpaired) electrons. The average Bonchev–Trinajstić information content (AvgIpc) is 2.82. The van der Waals surface area contributed by atoms with E-state index in [4.69, 9.17) is 0 Å². The van der Waals surface area contributed by atoms with Crippen LogP contribution in [0.4, 0.5) is 0 Å². The van der Waals surface area contributed by atoms with Crippen molar-refractivity contribution in [2.75, 3.05) is 0 Å². The van der Waals surface area contributed by atoms with Crippen LogP contribution in [-0.4, -0.2) is 20.5 Å². The van der Waals surface area contributed by atoms with Crippen LogP contribution in [0.3, 0.4) is 0 Å². The van der Waals surface area contributed by atoms with Gasteiger partial charge in [0, 0.05) is 20.3 Å². The van der Waals surface area contributed by atoms with Crippen molar-refractivity contribution in [3.8, 4) is 5.88 Å². The first-order chi connectivity index (χ1) is 8.02. The van der Waals surface area contributed by atoms with Gasteiger partial charge in [0.15, 0.2) is 0 Å². The molecule has 1 N–H and O–H groups in total. The first kappa shape index (κ1) is 11.1. The first-order valence-corrected chi connectivity index (χ1v) is 4.94. The summed E-state index contributed by atoms with van der Waals surface area (Å²) >= 11 is 0. The topological polar surface area (TPSA) is 76.6 Å². The fraction of sp³-hybridized carbons (Fsp3) is 0.182. The highest BCUT2D eigenvalue weighted by atomic mass is 16.3. The van der Waals surface area contributed by atoms with E-state index in [1.54, 1.807) is 18.4 Å². The molecule has 1 aromatic rings. The van der Waals surface area contributed by atoms with Crippen LogP contribution in [0.2, 0.25) is 0 Å². The summed E-state index contributed by atoms with van der Waals surface area (Å²) in [6, 6.07) is 0. The minimum absolute atomic E-state index is 0.0494. The summed E-state index contributed by atoms with van der Waals surface area (Å²) in [5.41, 5.74) is -0.516. The molecule has 0 spiro atoms. The third kappa shape index (κ3) is 1.73. The van der Waals surface area contributed by atoms with Crippen molar-refractivity contribution in [2.45, 2.75) is 0 Å². The molecule has 0 aliphatic carbocycles. The number of aromatic nitrogens is 2. The van der Waals surface area contributed by atoms with Crippen molar-refractivity contribution in [1.29, 1.82) is 0 Å². The highest BCUT2D eigenvalue weighted by Crippen LogP contribution is 2.15. The molecule has 0 amide bonds. The summed E-state index contributed by atoms with van der Waals surface area (Å²) in [6.07, 6.45) is 6.44. The molecule has 88 valence electrons. The molecule has 1 aliphatic rings. The fourth-order valence-electron chi connectivity index (χ4n) is 1.53. The van der Waals surface area contributed by atoms with E-state index in [0.29, 0.717) is 5.70 Å². The Morgan fingerprint density at radius 3 is 2.59 bits per heavy atom. The lowest BCUT2D eigenvalue weighted by atomic mass is 10.2. The number of hydrogen-bond donors (Lipinski definition) is 1. The summed E-state index contributed by atoms with van der Waals surface area (Å²) in [6.45, 7) is 0. The highest BCUT2D eigenvalue weighted by molar-refractivity contribution is 5.79. The summed E-state index contributed by atoms with van der Waals surface area (Å²) < 4.78 is 1.95. The van der Waals surface area contributed by atoms with E-state index >= 15 is 0 Å². The molecule has 6 nitrogen and oxygen atoms in total. The Morgan fingerprint density at radius 1 is 1.29 bits per heavy atom. The van der Waals surface area contributed by atoms with Gasteiger partial charge in [0.2, 0.25) is 5.88 Å². The van der Waals surface area contributed by atoms with Gasteiger partial charge in [-0.15, -0.1) is 0 Å². The number of aromatic hydroxyl groups is 1. The Kier molecular flexibility index (Phi) is 2.55. The number of rotatable bonds is 1. The Hall–Kier alpha value is -2.37. The smallest absolute Gasteiger partial charge is 0.333 e. The van der Waals surface area contributed by atoms with Crippen LogP contribution in [0.5, 0.6) is 5.88 Å². The van der Waals surface area contributed by atoms with Crippen LogP contribution in [0.1, 0.15) is 5.56 Å². The first-order valence-electron chi connectivity index (χ1n) is 4.94. The van der Waals surface area contributed by atoms with Gasteiger partial charge in [-0.3, -0.25) is 18.9 Å². The molecular weight excluding hydrogens is 222 g/mol. The standard InChI is InChI=1S/C11H11N3O3/c1-13-9(15)8(6-7-4-3-5-12-7)10(16)14(2)11(13)17/h3-6,15H,1-2H3/b7-6-. The molecule has 0 fully saturated rings. The van der Waals surface area contributed by atoms with Crippen molar-refractivity contribution >= 4 is 12.3 Å². The molecule has 0 bridgehead atoms. The maximum Gasteiger partial charge on any atom is 0.333 e. The van der Waals surface area contributed by atoms with Crippen LogP contribution < -0.4 is 11.2 Å². The van der Waals surface area contributed by atoms with E-state index < -0.39 is 11.2 Å². The van der Waals surface area contributed by atoms with Crippen LogP contribution in [0, 0.1) is 0 Å². The minimum Gasteiger partial charge on any atom is -0.494 e. The Balaban J connectivity index is 2.75. The zero-order valence-electron chi connectivity index (χ0n) is 9.41. The Labute approximate surface area is 96.5 Å². The van der Waals surface area contributed by atoms with Crippen LogP contribution in [0.25, 0.3) is 6.08 Å². The summed E-state index contributed by atoms with van der Waals surface area (Å²) in [7, 11) is 2.76. The molecule has 17 heavy (non-hydrogen) atoms. The van der Waals surface area contributed by atoms with E-state index in [-0.39, 0.29) is 11.4 Å². The van der Waals surface area contributed by atoms with Crippen molar-refractivity contribution in [3.05, 3.63) is 44.3 Å². The van der Waals surface area contributed by atoms with Crippen molar-refractivity contribution in [1.82, 2.24) is 9.13 Å². The summed E-state index contributed by atoms with van der Waals surface area (Å²) in [4.78, 5) is 27.3. The van der Waals surface area contributed by atoms with Gasteiger partial charge in [-0.2, -0.15) is 0 Å². The van der Waals surface area contributed by atoms with Crippen molar-refractivity contribution in [3.63, 3.8) is 0 Å². The SMILES string of the molecule is Cn1c(O)c(/C=C2/C=CC=N2)c(=O)n(C)c1=O. The van der Waals surface area contributed by atoms with E-state index in [1.807, 2.05) is 0 Å². The van der Waals surface area contributed by atoms with Gasteiger partial charge in [-0.05, 0) is 18.2 Å². The maximum atomic E-state index is 11.8. The van der Waals surface area contributed by atoms with Crippen molar-refractivity contribution < 1.29 is 5.11 Å². The van der Waals surface area contributed by atoms with E-state index in [9.17, 15) is 14.7 Å². The molecule has 6 heteroatoms. The molecule has 2 rings (SSSR count). The van der Waals surface area contributed by atoms with Crippen LogP contribution >= 0.6 is 0 Å². The second kappa shape index (κ2) is 3.89. The van der Waals surface area contributed by atoms with Gasteiger partial charge < -0.3 is 5.11 Å². The molecule has 1 aromatic heterocycles. The largest absolute Gasteiger partial charge is 0.494 e. The van der Waals surface area contributed by atoms with Crippen LogP contribution in [-0.2, 0) is 14.1 Å². The Bertz CT molecular complexity index is 660. The molecule has 0 atom stereocenters. The molecule has 0 saturated heterocycles. The molecule has 0 saturated carbocycles. The second-order valence-electron chi connectivity index (χ2n) is 3.65. The molecule has 2 heterocycles. The average molecular weight is 233 g/mol. The van der Waals surface area contributed by atoms with Crippen molar-refractivity contribution in [2.24, 2.45) is 19.1 Å². The maximum absolute atomic E-state index is 11.8. The van der Waals surface area contributed by atoms with Crippen LogP contribution in [0.15, 0.2) is 32.4 Å². The predicted octanol–water partition coefficient (Wildman–Crippen LogP) is -0.229. The number of nitrogens with zero attached hydrogens (tertiary/aromatic N) is 3. The van der Waals surface area contributed by atoms with E-state index in [2.05, 4.69) is 4.99 Å². The monoisotopic (exact) mass is 233 g/mol. The molecular formula is C11H11N3O3. The lowest BCUT2D eigenvalue weighted by Gasteiger charge is -2.07. The second-order valence-corrected chi connectivity index (χ2v) is 3.65. The minimum atomic E-state index is -0.569. The third-order valence-electron chi connectivity index (χ3n) is 2.54. The number of aliphatic imine (C=N–C) groups is 1. The van der Waals surface area contributed by atoms with Gasteiger partial charge in [-0.25, -0.2) is 4.79 Å². The van der Waals surface area contributed by atoms with E-state index in [1.165, 1.54) is 20.2 Å². The van der Waals surface area contributed by atoms with Gasteiger partial charge in [0.25, 0.3) is 5.56 Å². The predicted molar refractivity (Wildman–Crippen MR) is 64.2 cm³/mol. The van der Waals surface area contributed by atoms with Gasteiger partial charge >= 0.3 is 5.69 Å².